The predicted molar refractivity (Wildman–Crippen MR) is 69.3 cm³/mol. The number of amides is 1. The molecule has 20 heavy (non-hydrogen) atoms. The maximum atomic E-state index is 12.7. The molecule has 0 fully saturated rings. The third kappa shape index (κ3) is 3.53. The Morgan fingerprint density at radius 3 is 2.75 bits per heavy atom. The Morgan fingerprint density at radius 1 is 1.45 bits per heavy atom. The van der Waals surface area contributed by atoms with Gasteiger partial charge in [0.15, 0.2) is 11.9 Å². The zero-order chi connectivity index (χ0) is 14.5. The number of carbonyl (C=O) groups is 1. The molecule has 0 saturated heterocycles. The molecule has 2 aromatic rings. The number of aromatic nitrogens is 3. The summed E-state index contributed by atoms with van der Waals surface area (Å²) >= 11 is 0. The van der Waals surface area contributed by atoms with Crippen LogP contribution in [-0.2, 0) is 18.4 Å². The summed E-state index contributed by atoms with van der Waals surface area (Å²) in [5, 5.41) is 10.3. The first-order chi connectivity index (χ1) is 9.56. The Labute approximate surface area is 115 Å². The van der Waals surface area contributed by atoms with Gasteiger partial charge in [-0.15, -0.1) is 10.2 Å². The zero-order valence-electron chi connectivity index (χ0n) is 11.2. The molecule has 0 spiro atoms. The minimum Gasteiger partial charge on any atom is -0.481 e. The molecule has 1 heterocycles. The van der Waals surface area contributed by atoms with Crippen molar-refractivity contribution in [3.63, 3.8) is 0 Å². The maximum absolute atomic E-state index is 12.7. The van der Waals surface area contributed by atoms with Crippen LogP contribution in [-0.4, -0.2) is 26.8 Å². The lowest BCUT2D eigenvalue weighted by atomic mass is 10.3. The van der Waals surface area contributed by atoms with Gasteiger partial charge >= 0.3 is 0 Å². The van der Waals surface area contributed by atoms with Crippen molar-refractivity contribution < 1.29 is 13.9 Å². The van der Waals surface area contributed by atoms with Gasteiger partial charge in [0.25, 0.3) is 5.91 Å². The molecule has 7 heteroatoms. The van der Waals surface area contributed by atoms with Crippen LogP contribution >= 0.6 is 0 Å². The molecule has 0 aliphatic heterocycles. The fourth-order valence-electron chi connectivity index (χ4n) is 1.55. The third-order valence-electron chi connectivity index (χ3n) is 2.72. The molecule has 106 valence electrons. The summed E-state index contributed by atoms with van der Waals surface area (Å²) in [6.07, 6.45) is 0.869. The summed E-state index contributed by atoms with van der Waals surface area (Å²) in [6.45, 7) is 1.89. The highest BCUT2D eigenvalue weighted by atomic mass is 19.1. The smallest absolute Gasteiger partial charge is 0.261 e. The van der Waals surface area contributed by atoms with Gasteiger partial charge in [-0.25, -0.2) is 4.39 Å². The van der Waals surface area contributed by atoms with Crippen LogP contribution in [0.3, 0.4) is 0 Å². The Morgan fingerprint density at radius 2 is 2.15 bits per heavy atom. The second-order valence-corrected chi connectivity index (χ2v) is 4.29. The highest BCUT2D eigenvalue weighted by Gasteiger charge is 2.15. The molecule has 1 atom stereocenters. The second kappa shape index (κ2) is 6.14. The van der Waals surface area contributed by atoms with Crippen molar-refractivity contribution in [2.75, 3.05) is 0 Å². The van der Waals surface area contributed by atoms with Crippen LogP contribution in [0.5, 0.6) is 5.75 Å². The number of nitrogens with one attached hydrogen (secondary N) is 1. The summed E-state index contributed by atoms with van der Waals surface area (Å²) in [5.41, 5.74) is 0. The summed E-state index contributed by atoms with van der Waals surface area (Å²) in [5.74, 6) is 0.453. The molecule has 0 radical (unpaired) electrons. The maximum Gasteiger partial charge on any atom is 0.261 e. The van der Waals surface area contributed by atoms with Gasteiger partial charge in [0, 0.05) is 7.05 Å². The first-order valence-electron chi connectivity index (χ1n) is 6.09. The number of hydrogen-bond acceptors (Lipinski definition) is 4. The normalized spacial score (nSPS) is 11.9. The Bertz CT molecular complexity index is 582. The van der Waals surface area contributed by atoms with E-state index in [0.29, 0.717) is 11.6 Å². The number of aryl methyl sites for hydroxylation is 1. The predicted octanol–water partition coefficient (Wildman–Crippen LogP) is 1.04. The molecule has 1 amide bonds. The van der Waals surface area contributed by atoms with Gasteiger partial charge in [-0.2, -0.15) is 0 Å². The van der Waals surface area contributed by atoms with Gasteiger partial charge in [0.2, 0.25) is 0 Å². The van der Waals surface area contributed by atoms with E-state index in [0.717, 1.165) is 0 Å². The second-order valence-electron chi connectivity index (χ2n) is 4.29. The topological polar surface area (TPSA) is 69.0 Å². The van der Waals surface area contributed by atoms with Crippen LogP contribution in [0.4, 0.5) is 4.39 Å². The fraction of sp³-hybridized carbons (Fsp3) is 0.308. The van der Waals surface area contributed by atoms with Crippen LogP contribution in [0.25, 0.3) is 0 Å². The van der Waals surface area contributed by atoms with Gasteiger partial charge in [-0.1, -0.05) is 0 Å². The summed E-state index contributed by atoms with van der Waals surface area (Å²) in [4.78, 5) is 11.9. The minimum atomic E-state index is -0.686. The molecule has 2 rings (SSSR count). The molecular weight excluding hydrogens is 263 g/mol. The van der Waals surface area contributed by atoms with Crippen molar-refractivity contribution in [1.82, 2.24) is 20.1 Å². The van der Waals surface area contributed by atoms with Crippen LogP contribution in [0.1, 0.15) is 12.7 Å². The number of hydrogen-bond donors (Lipinski definition) is 1. The molecule has 6 nitrogen and oxygen atoms in total. The highest BCUT2D eigenvalue weighted by molar-refractivity contribution is 5.80. The van der Waals surface area contributed by atoms with Crippen LogP contribution < -0.4 is 10.1 Å². The van der Waals surface area contributed by atoms with E-state index < -0.39 is 6.10 Å². The quantitative estimate of drug-likeness (QED) is 0.887. The van der Waals surface area contributed by atoms with E-state index in [1.807, 2.05) is 0 Å². The molecule has 1 N–H and O–H groups in total. The minimum absolute atomic E-state index is 0.270. The van der Waals surface area contributed by atoms with E-state index in [2.05, 4.69) is 15.5 Å². The van der Waals surface area contributed by atoms with E-state index in [9.17, 15) is 9.18 Å². The lowest BCUT2D eigenvalue weighted by molar-refractivity contribution is -0.127. The number of carbonyl (C=O) groups excluding carboxylic acids is 1. The Balaban J connectivity index is 1.86. The molecule has 0 aliphatic rings. The Hall–Kier alpha value is -2.44. The number of rotatable bonds is 5. The molecule has 1 aromatic carbocycles. The lowest BCUT2D eigenvalue weighted by Gasteiger charge is -2.14. The van der Waals surface area contributed by atoms with Gasteiger partial charge in [-0.3, -0.25) is 4.79 Å². The first-order valence-corrected chi connectivity index (χ1v) is 6.09. The van der Waals surface area contributed by atoms with Gasteiger partial charge in [0.1, 0.15) is 17.9 Å². The SMILES string of the molecule is CC(Oc1ccc(F)cc1)C(=O)NCc1nncn1C. The van der Waals surface area contributed by atoms with E-state index in [-0.39, 0.29) is 18.3 Å². The monoisotopic (exact) mass is 278 g/mol. The van der Waals surface area contributed by atoms with Gasteiger partial charge in [0.05, 0.1) is 6.54 Å². The van der Waals surface area contributed by atoms with Crippen molar-refractivity contribution in [2.24, 2.45) is 7.05 Å². The van der Waals surface area contributed by atoms with Crippen molar-refractivity contribution >= 4 is 5.91 Å². The molecule has 1 unspecified atom stereocenters. The van der Waals surface area contributed by atoms with E-state index in [4.69, 9.17) is 4.74 Å². The number of halogens is 1. The molecule has 0 bridgehead atoms. The van der Waals surface area contributed by atoms with Crippen LogP contribution in [0, 0.1) is 5.82 Å². The summed E-state index contributed by atoms with van der Waals surface area (Å²) in [6, 6.07) is 5.50. The Kier molecular flexibility index (Phi) is 4.29. The standard InChI is InChI=1S/C13H15FN4O2/c1-9(20-11-5-3-10(14)4-6-11)13(19)15-7-12-17-16-8-18(12)2/h3-6,8-9H,7H2,1-2H3,(H,15,19). The average molecular weight is 278 g/mol. The van der Waals surface area contributed by atoms with Gasteiger partial charge in [-0.05, 0) is 31.2 Å². The van der Waals surface area contributed by atoms with Crippen molar-refractivity contribution in [1.29, 1.82) is 0 Å². The first kappa shape index (κ1) is 14.0. The van der Waals surface area contributed by atoms with E-state index >= 15 is 0 Å². The summed E-state index contributed by atoms with van der Waals surface area (Å²) in [7, 11) is 1.79. The number of nitrogens with zero attached hydrogens (tertiary/aromatic N) is 3. The van der Waals surface area contributed by atoms with Gasteiger partial charge < -0.3 is 14.6 Å². The van der Waals surface area contributed by atoms with Crippen LogP contribution in [0.15, 0.2) is 30.6 Å². The fourth-order valence-corrected chi connectivity index (χ4v) is 1.55. The van der Waals surface area contributed by atoms with E-state index in [1.165, 1.54) is 24.3 Å². The lowest BCUT2D eigenvalue weighted by Crippen LogP contribution is -2.36. The molecule has 0 saturated carbocycles. The largest absolute Gasteiger partial charge is 0.481 e. The third-order valence-corrected chi connectivity index (χ3v) is 2.72. The zero-order valence-corrected chi connectivity index (χ0v) is 11.2. The van der Waals surface area contributed by atoms with Crippen LogP contribution in [0.2, 0.25) is 0 Å². The highest BCUT2D eigenvalue weighted by Crippen LogP contribution is 2.13. The van der Waals surface area contributed by atoms with Crippen molar-refractivity contribution in [3.05, 3.63) is 42.2 Å². The molecule has 1 aromatic heterocycles. The average Bonchev–Trinajstić information content (AvgIpc) is 2.84. The van der Waals surface area contributed by atoms with Crippen molar-refractivity contribution in [3.8, 4) is 5.75 Å². The number of ether oxygens (including phenoxy) is 1. The number of benzene rings is 1. The molecular formula is C13H15FN4O2. The van der Waals surface area contributed by atoms with Crippen molar-refractivity contribution in [2.45, 2.75) is 19.6 Å². The summed E-state index contributed by atoms with van der Waals surface area (Å²) < 4.78 is 19.9. The van der Waals surface area contributed by atoms with E-state index in [1.54, 1.807) is 24.9 Å². The molecule has 0 aliphatic carbocycles.